The van der Waals surface area contributed by atoms with Crippen LogP contribution in [0, 0.1) is 23.5 Å². The Kier molecular flexibility index (Phi) is 7.95. The summed E-state index contributed by atoms with van der Waals surface area (Å²) in [5.74, 6) is 1.27. The zero-order valence-corrected chi connectivity index (χ0v) is 19.4. The fourth-order valence-electron chi connectivity index (χ4n) is 5.39. The maximum Gasteiger partial charge on any atom is 0.138 e. The Balaban J connectivity index is 1.33. The molecule has 0 amide bonds. The molecule has 4 rings (SSSR count). The molecule has 1 saturated carbocycles. The normalized spacial score (nSPS) is 18.8. The van der Waals surface area contributed by atoms with E-state index in [9.17, 15) is 4.39 Å². The molecule has 0 N–H and O–H groups in total. The van der Waals surface area contributed by atoms with E-state index in [1.807, 2.05) is 18.2 Å². The van der Waals surface area contributed by atoms with Gasteiger partial charge in [-0.15, -0.1) is 0 Å². The number of aryl methyl sites for hydroxylation is 1. The van der Waals surface area contributed by atoms with E-state index >= 15 is 4.39 Å². The SMILES string of the molecule is CCCCCC[C@H]1CC[C@H](CCc2ccc3c(F)c(-c4ccc(F)cc4)ccc3c2)CC1. The van der Waals surface area contributed by atoms with Gasteiger partial charge in [-0.3, -0.25) is 0 Å². The molecule has 0 aromatic heterocycles. The number of hydrogen-bond donors (Lipinski definition) is 0. The molecule has 0 atom stereocenters. The smallest absolute Gasteiger partial charge is 0.138 e. The van der Waals surface area contributed by atoms with Gasteiger partial charge in [-0.1, -0.05) is 107 Å². The van der Waals surface area contributed by atoms with E-state index in [0.29, 0.717) is 16.5 Å². The van der Waals surface area contributed by atoms with Gasteiger partial charge in [-0.25, -0.2) is 8.78 Å². The quantitative estimate of drug-likeness (QED) is 0.294. The lowest BCUT2D eigenvalue weighted by Crippen LogP contribution is -2.15. The molecular weight excluding hydrogens is 398 g/mol. The Labute approximate surface area is 192 Å². The van der Waals surface area contributed by atoms with Crippen LogP contribution in [0.25, 0.3) is 21.9 Å². The second-order valence-corrected chi connectivity index (χ2v) is 9.76. The van der Waals surface area contributed by atoms with E-state index in [2.05, 4.69) is 19.1 Å². The fourth-order valence-corrected chi connectivity index (χ4v) is 5.39. The van der Waals surface area contributed by atoms with Gasteiger partial charge in [0.05, 0.1) is 0 Å². The number of halogens is 2. The van der Waals surface area contributed by atoms with E-state index in [0.717, 1.165) is 23.6 Å². The van der Waals surface area contributed by atoms with Crippen LogP contribution in [0.2, 0.25) is 0 Å². The third-order valence-electron chi connectivity index (χ3n) is 7.45. The van der Waals surface area contributed by atoms with Crippen LogP contribution in [0.1, 0.15) is 76.7 Å². The van der Waals surface area contributed by atoms with Crippen LogP contribution in [0.5, 0.6) is 0 Å². The molecule has 0 saturated heterocycles. The van der Waals surface area contributed by atoms with Crippen molar-refractivity contribution in [1.29, 1.82) is 0 Å². The van der Waals surface area contributed by atoms with Gasteiger partial charge in [0.2, 0.25) is 0 Å². The molecule has 1 fully saturated rings. The summed E-state index contributed by atoms with van der Waals surface area (Å²) in [5.41, 5.74) is 2.53. The van der Waals surface area contributed by atoms with Crippen molar-refractivity contribution in [3.05, 3.63) is 71.8 Å². The van der Waals surface area contributed by atoms with E-state index in [-0.39, 0.29) is 11.6 Å². The van der Waals surface area contributed by atoms with Crippen LogP contribution < -0.4 is 0 Å². The highest BCUT2D eigenvalue weighted by atomic mass is 19.1. The lowest BCUT2D eigenvalue weighted by molar-refractivity contribution is 0.249. The molecule has 3 aromatic rings. The number of benzene rings is 3. The van der Waals surface area contributed by atoms with Gasteiger partial charge in [0.15, 0.2) is 0 Å². The first-order chi connectivity index (χ1) is 15.6. The topological polar surface area (TPSA) is 0 Å². The summed E-state index contributed by atoms with van der Waals surface area (Å²) in [5, 5.41) is 1.58. The Bertz CT molecular complexity index is 997. The molecule has 170 valence electrons. The molecule has 0 radical (unpaired) electrons. The summed E-state index contributed by atoms with van der Waals surface area (Å²) >= 11 is 0. The Hall–Kier alpha value is -2.22. The van der Waals surface area contributed by atoms with Crippen LogP contribution >= 0.6 is 0 Å². The summed E-state index contributed by atoms with van der Waals surface area (Å²) in [6.45, 7) is 2.28. The molecule has 0 spiro atoms. The highest BCUT2D eigenvalue weighted by molar-refractivity contribution is 5.88. The predicted octanol–water partition coefficient (Wildman–Crippen LogP) is 9.49. The van der Waals surface area contributed by atoms with Crippen molar-refractivity contribution >= 4 is 10.8 Å². The lowest BCUT2D eigenvalue weighted by Gasteiger charge is -2.28. The standard InChI is InChI=1S/C30H36F2/c1-2-3-4-5-6-22-7-9-23(10-8-22)11-12-24-13-19-29-26(21-24)16-20-28(30(29)32)25-14-17-27(31)18-15-25/h13-23H,2-12H2,1H3/t22-,23-. The summed E-state index contributed by atoms with van der Waals surface area (Å²) in [7, 11) is 0. The van der Waals surface area contributed by atoms with Gasteiger partial charge in [0.1, 0.15) is 11.6 Å². The van der Waals surface area contributed by atoms with Crippen LogP contribution in [-0.4, -0.2) is 0 Å². The maximum absolute atomic E-state index is 15.1. The molecule has 0 unspecified atom stereocenters. The van der Waals surface area contributed by atoms with Gasteiger partial charge in [0.25, 0.3) is 0 Å². The van der Waals surface area contributed by atoms with Crippen LogP contribution in [0.3, 0.4) is 0 Å². The summed E-state index contributed by atoms with van der Waals surface area (Å²) in [4.78, 5) is 0. The van der Waals surface area contributed by atoms with Crippen molar-refractivity contribution < 1.29 is 8.78 Å². The van der Waals surface area contributed by atoms with E-state index in [1.165, 1.54) is 81.9 Å². The number of rotatable bonds is 9. The second-order valence-electron chi connectivity index (χ2n) is 9.76. The van der Waals surface area contributed by atoms with Crippen molar-refractivity contribution in [3.8, 4) is 11.1 Å². The molecule has 1 aliphatic carbocycles. The second kappa shape index (κ2) is 11.1. The lowest BCUT2D eigenvalue weighted by atomic mass is 9.77. The Morgan fingerprint density at radius 2 is 1.47 bits per heavy atom. The third kappa shape index (κ3) is 5.77. The van der Waals surface area contributed by atoms with Crippen LogP contribution in [-0.2, 0) is 6.42 Å². The summed E-state index contributed by atoms with van der Waals surface area (Å²) < 4.78 is 28.3. The average molecular weight is 435 g/mol. The highest BCUT2D eigenvalue weighted by Crippen LogP contribution is 2.35. The first-order valence-corrected chi connectivity index (χ1v) is 12.6. The first-order valence-electron chi connectivity index (χ1n) is 12.6. The molecule has 0 aliphatic heterocycles. The van der Waals surface area contributed by atoms with Crippen LogP contribution in [0.15, 0.2) is 54.6 Å². The summed E-state index contributed by atoms with van der Waals surface area (Å²) in [6, 6.07) is 16.0. The zero-order chi connectivity index (χ0) is 22.3. The third-order valence-corrected chi connectivity index (χ3v) is 7.45. The largest absolute Gasteiger partial charge is 0.207 e. The molecular formula is C30H36F2. The number of unbranched alkanes of at least 4 members (excludes halogenated alkanes) is 3. The first kappa shape index (κ1) is 23.0. The van der Waals surface area contributed by atoms with Gasteiger partial charge in [0, 0.05) is 10.9 Å². The van der Waals surface area contributed by atoms with Crippen molar-refractivity contribution in [3.63, 3.8) is 0 Å². The van der Waals surface area contributed by atoms with Gasteiger partial charge in [-0.2, -0.15) is 0 Å². The Morgan fingerprint density at radius 3 is 2.19 bits per heavy atom. The van der Waals surface area contributed by atoms with Crippen molar-refractivity contribution in [2.24, 2.45) is 11.8 Å². The molecule has 2 heteroatoms. The van der Waals surface area contributed by atoms with Crippen molar-refractivity contribution in [1.82, 2.24) is 0 Å². The van der Waals surface area contributed by atoms with Gasteiger partial charge >= 0.3 is 0 Å². The minimum absolute atomic E-state index is 0.224. The average Bonchev–Trinajstić information content (AvgIpc) is 2.82. The summed E-state index contributed by atoms with van der Waals surface area (Å²) in [6.07, 6.45) is 14.9. The highest BCUT2D eigenvalue weighted by Gasteiger charge is 2.20. The Morgan fingerprint density at radius 1 is 0.750 bits per heavy atom. The monoisotopic (exact) mass is 434 g/mol. The van der Waals surface area contributed by atoms with Crippen molar-refractivity contribution in [2.45, 2.75) is 77.6 Å². The minimum atomic E-state index is -0.306. The van der Waals surface area contributed by atoms with E-state index in [4.69, 9.17) is 0 Å². The van der Waals surface area contributed by atoms with E-state index < -0.39 is 0 Å². The maximum atomic E-state index is 15.1. The van der Waals surface area contributed by atoms with Crippen LogP contribution in [0.4, 0.5) is 8.78 Å². The molecule has 1 aliphatic rings. The van der Waals surface area contributed by atoms with Gasteiger partial charge < -0.3 is 0 Å². The molecule has 32 heavy (non-hydrogen) atoms. The van der Waals surface area contributed by atoms with Gasteiger partial charge in [-0.05, 0) is 53.3 Å². The zero-order valence-electron chi connectivity index (χ0n) is 19.4. The molecule has 0 heterocycles. The number of fused-ring (bicyclic) bond motifs is 1. The molecule has 3 aromatic carbocycles. The molecule has 0 nitrogen and oxygen atoms in total. The molecule has 0 bridgehead atoms. The number of hydrogen-bond acceptors (Lipinski definition) is 0. The van der Waals surface area contributed by atoms with Crippen molar-refractivity contribution in [2.75, 3.05) is 0 Å². The minimum Gasteiger partial charge on any atom is -0.207 e. The fraction of sp³-hybridized carbons (Fsp3) is 0.467. The van der Waals surface area contributed by atoms with E-state index in [1.54, 1.807) is 12.1 Å². The predicted molar refractivity (Wildman–Crippen MR) is 132 cm³/mol.